The second-order valence-electron chi connectivity index (χ2n) is 6.53. The number of sulfone groups is 1. The van der Waals surface area contributed by atoms with Gasteiger partial charge in [0.1, 0.15) is 10.9 Å². The van der Waals surface area contributed by atoms with Crippen LogP contribution in [0, 0.1) is 17.1 Å². The maximum atomic E-state index is 15.1. The highest BCUT2D eigenvalue weighted by atomic mass is 79.9. The van der Waals surface area contributed by atoms with Crippen LogP contribution in [0.15, 0.2) is 40.0 Å². The lowest BCUT2D eigenvalue weighted by atomic mass is 10.2. The van der Waals surface area contributed by atoms with Crippen LogP contribution in [0.1, 0.15) is 28.5 Å². The van der Waals surface area contributed by atoms with Crippen LogP contribution in [0.25, 0.3) is 0 Å². The number of amides is 1. The van der Waals surface area contributed by atoms with E-state index in [-0.39, 0.29) is 50.8 Å². The molecule has 0 atom stereocenters. The van der Waals surface area contributed by atoms with Gasteiger partial charge in [0, 0.05) is 17.1 Å². The number of aromatic amines is 1. The number of hydrogen-bond donors (Lipinski definition) is 2. The van der Waals surface area contributed by atoms with Gasteiger partial charge in [0.15, 0.2) is 17.3 Å². The van der Waals surface area contributed by atoms with Crippen molar-refractivity contribution in [3.05, 3.63) is 67.6 Å². The van der Waals surface area contributed by atoms with Gasteiger partial charge in [0.25, 0.3) is 5.91 Å². The minimum atomic E-state index is -3.70. The van der Waals surface area contributed by atoms with Crippen molar-refractivity contribution in [1.29, 1.82) is 5.26 Å². The van der Waals surface area contributed by atoms with Crippen molar-refractivity contribution in [3.63, 3.8) is 0 Å². The molecule has 0 saturated heterocycles. The molecule has 0 aliphatic heterocycles. The predicted molar refractivity (Wildman–Crippen MR) is 123 cm³/mol. The van der Waals surface area contributed by atoms with Crippen LogP contribution in [-0.4, -0.2) is 30.0 Å². The van der Waals surface area contributed by atoms with Gasteiger partial charge in [-0.25, -0.2) is 17.8 Å². The molecule has 0 fully saturated rings. The van der Waals surface area contributed by atoms with Gasteiger partial charge < -0.3 is 15.0 Å². The molecule has 1 aromatic heterocycles. The van der Waals surface area contributed by atoms with E-state index in [1.807, 2.05) is 6.07 Å². The van der Waals surface area contributed by atoms with E-state index in [1.165, 1.54) is 37.3 Å². The largest absolute Gasteiger partial charge is 0.453 e. The van der Waals surface area contributed by atoms with E-state index in [4.69, 9.17) is 33.2 Å². The number of rotatable bonds is 7. The van der Waals surface area contributed by atoms with Gasteiger partial charge in [0.05, 0.1) is 21.9 Å². The Morgan fingerprint density at radius 1 is 1.33 bits per heavy atom. The predicted octanol–water partition coefficient (Wildman–Crippen LogP) is 5.01. The molecule has 1 amide bonds. The molecular formula is C20H14BrCl2FN4O4S. The third-order valence-corrected chi connectivity index (χ3v) is 6.98. The fourth-order valence-corrected chi connectivity index (χ4v) is 4.28. The third kappa shape index (κ3) is 5.65. The van der Waals surface area contributed by atoms with Gasteiger partial charge in [-0.1, -0.05) is 36.2 Å². The average Bonchev–Trinajstić information content (AvgIpc) is 3.18. The molecule has 3 rings (SSSR count). The maximum absolute atomic E-state index is 15.1. The zero-order chi connectivity index (χ0) is 24.3. The maximum Gasteiger partial charge on any atom is 0.273 e. The molecule has 13 heteroatoms. The van der Waals surface area contributed by atoms with Crippen LogP contribution in [0.5, 0.6) is 11.5 Å². The molecule has 0 spiro atoms. The number of aromatic nitrogens is 2. The first-order chi connectivity index (χ1) is 15.6. The second kappa shape index (κ2) is 10.1. The van der Waals surface area contributed by atoms with Gasteiger partial charge >= 0.3 is 0 Å². The lowest BCUT2D eigenvalue weighted by Gasteiger charge is -2.13. The highest BCUT2D eigenvalue weighted by molar-refractivity contribution is 9.10. The van der Waals surface area contributed by atoms with Crippen molar-refractivity contribution >= 4 is 54.9 Å². The number of halogens is 4. The van der Waals surface area contributed by atoms with E-state index in [1.54, 1.807) is 0 Å². The Labute approximate surface area is 206 Å². The van der Waals surface area contributed by atoms with Gasteiger partial charge in [-0.2, -0.15) is 5.26 Å². The molecule has 0 aliphatic rings. The monoisotopic (exact) mass is 574 g/mol. The summed E-state index contributed by atoms with van der Waals surface area (Å²) in [5.74, 6) is -1.83. The summed E-state index contributed by atoms with van der Waals surface area (Å²) < 4.78 is 44.8. The number of nitrogens with zero attached hydrogens (tertiary/aromatic N) is 2. The van der Waals surface area contributed by atoms with Gasteiger partial charge in [-0.15, -0.1) is 0 Å². The molecule has 3 aromatic rings. The summed E-state index contributed by atoms with van der Waals surface area (Å²) in [6, 6.07) is 9.12. The van der Waals surface area contributed by atoms with E-state index in [9.17, 15) is 13.2 Å². The molecule has 33 heavy (non-hydrogen) atoms. The lowest BCUT2D eigenvalue weighted by molar-refractivity contribution is 0.0946. The standard InChI is InChI=1S/C20H14BrCl2FN4O4S/c1-2-33(30,31)20-27-16(18(23)28-20)19(29)26-9-11-3-4-14(21)17(15(11)24)32-13-6-10(8-25)5-12(22)7-13/h3-7H,2,9H2,1H3,(H,26,29)(H,27,28). The van der Waals surface area contributed by atoms with Crippen molar-refractivity contribution in [2.24, 2.45) is 0 Å². The molecular weight excluding hydrogens is 562 g/mol. The number of ether oxygens (including phenoxy) is 1. The van der Waals surface area contributed by atoms with Crippen LogP contribution in [0.4, 0.5) is 4.39 Å². The summed E-state index contributed by atoms with van der Waals surface area (Å²) >= 11 is 15.1. The zero-order valence-corrected chi connectivity index (χ0v) is 20.7. The number of nitrogens with one attached hydrogen (secondary N) is 2. The first kappa shape index (κ1) is 25.0. The molecule has 2 aromatic carbocycles. The molecule has 0 saturated carbocycles. The fourth-order valence-electron chi connectivity index (χ4n) is 2.63. The smallest absolute Gasteiger partial charge is 0.273 e. The first-order valence-electron chi connectivity index (χ1n) is 9.17. The number of nitriles is 1. The highest BCUT2D eigenvalue weighted by Crippen LogP contribution is 2.35. The van der Waals surface area contributed by atoms with Crippen LogP contribution in [0.3, 0.4) is 0 Å². The number of benzene rings is 2. The van der Waals surface area contributed by atoms with E-state index >= 15 is 4.39 Å². The van der Waals surface area contributed by atoms with Crippen molar-refractivity contribution in [1.82, 2.24) is 15.3 Å². The molecule has 0 radical (unpaired) electrons. The number of carbonyl (C=O) groups is 1. The molecule has 0 unspecified atom stereocenters. The first-order valence-corrected chi connectivity index (χ1v) is 12.4. The Kier molecular flexibility index (Phi) is 7.64. The summed E-state index contributed by atoms with van der Waals surface area (Å²) in [5.41, 5.74) is -0.0319. The van der Waals surface area contributed by atoms with E-state index in [0.717, 1.165) is 0 Å². The number of hydrogen-bond acceptors (Lipinski definition) is 6. The molecule has 1 heterocycles. The molecule has 8 nitrogen and oxygen atoms in total. The Bertz CT molecular complexity index is 1390. The second-order valence-corrected chi connectivity index (χ2v) is 10.4. The highest BCUT2D eigenvalue weighted by Gasteiger charge is 2.23. The van der Waals surface area contributed by atoms with Gasteiger partial charge in [0.2, 0.25) is 15.0 Å². The third-order valence-electron chi connectivity index (χ3n) is 4.32. The minimum absolute atomic E-state index is 0.0668. The van der Waals surface area contributed by atoms with Crippen LogP contribution >= 0.6 is 39.1 Å². The normalized spacial score (nSPS) is 11.2. The Morgan fingerprint density at radius 2 is 2.06 bits per heavy atom. The van der Waals surface area contributed by atoms with E-state index in [0.29, 0.717) is 4.47 Å². The van der Waals surface area contributed by atoms with Crippen LogP contribution in [0.2, 0.25) is 10.2 Å². The number of imidazole rings is 1. The van der Waals surface area contributed by atoms with E-state index < -0.39 is 26.7 Å². The number of carbonyl (C=O) groups excluding carboxylic acids is 1. The quantitative estimate of drug-likeness (QED) is 0.408. The van der Waals surface area contributed by atoms with Gasteiger partial charge in [-0.05, 0) is 40.2 Å². The van der Waals surface area contributed by atoms with Crippen molar-refractivity contribution in [2.45, 2.75) is 18.6 Å². The average molecular weight is 576 g/mol. The van der Waals surface area contributed by atoms with Crippen molar-refractivity contribution in [2.75, 3.05) is 5.75 Å². The van der Waals surface area contributed by atoms with Crippen molar-refractivity contribution < 1.29 is 22.3 Å². The summed E-state index contributed by atoms with van der Waals surface area (Å²) in [7, 11) is -3.70. The molecule has 0 aliphatic carbocycles. The zero-order valence-electron chi connectivity index (χ0n) is 16.7. The minimum Gasteiger partial charge on any atom is -0.453 e. The summed E-state index contributed by atoms with van der Waals surface area (Å²) in [6.07, 6.45) is 0. The van der Waals surface area contributed by atoms with E-state index in [2.05, 4.69) is 31.2 Å². The van der Waals surface area contributed by atoms with Crippen molar-refractivity contribution in [3.8, 4) is 17.6 Å². The molecule has 172 valence electrons. The van der Waals surface area contributed by atoms with Crippen LogP contribution < -0.4 is 10.1 Å². The Balaban J connectivity index is 1.81. The van der Waals surface area contributed by atoms with Gasteiger partial charge in [-0.3, -0.25) is 4.79 Å². The molecule has 0 bridgehead atoms. The Hall–Kier alpha value is -2.65. The van der Waals surface area contributed by atoms with Crippen LogP contribution in [-0.2, 0) is 16.4 Å². The summed E-state index contributed by atoms with van der Waals surface area (Å²) in [6.45, 7) is 1.15. The number of H-pyrrole nitrogens is 1. The fraction of sp³-hybridized carbons (Fsp3) is 0.150. The topological polar surface area (TPSA) is 125 Å². The Morgan fingerprint density at radius 3 is 2.73 bits per heavy atom. The SMILES string of the molecule is CCS(=O)(=O)c1nc(C(=O)NCc2ccc(Br)c(Oc3cc(Cl)cc(C#N)c3)c2F)c(Cl)[nH]1. The molecule has 2 N–H and O–H groups in total. The summed E-state index contributed by atoms with van der Waals surface area (Å²) in [5, 5.41) is 11.1. The lowest BCUT2D eigenvalue weighted by Crippen LogP contribution is -2.24. The summed E-state index contributed by atoms with van der Waals surface area (Å²) in [4.78, 5) is 18.6.